The first kappa shape index (κ1) is 11.9. The summed E-state index contributed by atoms with van der Waals surface area (Å²) in [6.07, 6.45) is 0. The Hall–Kier alpha value is -1.62. The predicted octanol–water partition coefficient (Wildman–Crippen LogP) is 0.840. The van der Waals surface area contributed by atoms with Crippen LogP contribution in [0.2, 0.25) is 0 Å². The molecule has 17 heavy (non-hydrogen) atoms. The molecule has 1 N–H and O–H groups in total. The van der Waals surface area contributed by atoms with Crippen molar-refractivity contribution in [3.8, 4) is 0 Å². The maximum Gasteiger partial charge on any atom is 0.354 e. The highest BCUT2D eigenvalue weighted by atomic mass is 16.4. The summed E-state index contributed by atoms with van der Waals surface area (Å²) in [5.41, 5.74) is 1.06. The first-order chi connectivity index (χ1) is 8.06. The van der Waals surface area contributed by atoms with Crippen LogP contribution >= 0.6 is 0 Å². The number of aromatic carboxylic acids is 1. The summed E-state index contributed by atoms with van der Waals surface area (Å²) in [6, 6.07) is 3.54. The maximum absolute atomic E-state index is 11.0. The lowest BCUT2D eigenvalue weighted by molar-refractivity contribution is 0.0690. The van der Waals surface area contributed by atoms with E-state index in [4.69, 9.17) is 5.11 Å². The molecule has 1 saturated heterocycles. The van der Waals surface area contributed by atoms with Crippen molar-refractivity contribution in [1.29, 1.82) is 0 Å². The van der Waals surface area contributed by atoms with Gasteiger partial charge in [0.05, 0.1) is 0 Å². The van der Waals surface area contributed by atoms with Gasteiger partial charge in [0.1, 0.15) is 5.82 Å². The summed E-state index contributed by atoms with van der Waals surface area (Å²) in [5.74, 6) is -0.195. The quantitative estimate of drug-likeness (QED) is 0.823. The summed E-state index contributed by atoms with van der Waals surface area (Å²) < 4.78 is 0. The Morgan fingerprint density at radius 3 is 2.53 bits per heavy atom. The van der Waals surface area contributed by atoms with Crippen LogP contribution in [0.4, 0.5) is 5.82 Å². The summed E-state index contributed by atoms with van der Waals surface area (Å²) in [7, 11) is 2.09. The smallest absolute Gasteiger partial charge is 0.354 e. The largest absolute Gasteiger partial charge is 0.477 e. The predicted molar refractivity (Wildman–Crippen MR) is 65.6 cm³/mol. The molecule has 5 nitrogen and oxygen atoms in total. The molecule has 1 aliphatic rings. The van der Waals surface area contributed by atoms with Gasteiger partial charge in [0.2, 0.25) is 0 Å². The summed E-state index contributed by atoms with van der Waals surface area (Å²) >= 11 is 0. The molecule has 1 aliphatic heterocycles. The highest BCUT2D eigenvalue weighted by Gasteiger charge is 2.17. The van der Waals surface area contributed by atoms with Gasteiger partial charge in [-0.2, -0.15) is 0 Å². The van der Waals surface area contributed by atoms with Gasteiger partial charge in [0, 0.05) is 26.2 Å². The van der Waals surface area contributed by atoms with Crippen molar-refractivity contribution in [3.05, 3.63) is 23.4 Å². The minimum atomic E-state index is -0.968. The average molecular weight is 235 g/mol. The van der Waals surface area contributed by atoms with E-state index < -0.39 is 5.97 Å². The van der Waals surface area contributed by atoms with Gasteiger partial charge in [-0.1, -0.05) is 0 Å². The van der Waals surface area contributed by atoms with E-state index in [-0.39, 0.29) is 5.69 Å². The maximum atomic E-state index is 11.0. The van der Waals surface area contributed by atoms with Crippen LogP contribution in [-0.4, -0.2) is 54.2 Å². The molecule has 0 radical (unpaired) electrons. The topological polar surface area (TPSA) is 56.7 Å². The zero-order valence-electron chi connectivity index (χ0n) is 10.2. The number of rotatable bonds is 2. The second kappa shape index (κ2) is 4.71. The number of pyridine rings is 1. The van der Waals surface area contributed by atoms with Crippen LogP contribution in [-0.2, 0) is 0 Å². The zero-order valence-corrected chi connectivity index (χ0v) is 10.2. The second-order valence-electron chi connectivity index (χ2n) is 4.48. The van der Waals surface area contributed by atoms with Crippen molar-refractivity contribution in [2.75, 3.05) is 38.1 Å². The molecule has 0 aliphatic carbocycles. The van der Waals surface area contributed by atoms with Gasteiger partial charge in [-0.3, -0.25) is 0 Å². The van der Waals surface area contributed by atoms with Gasteiger partial charge < -0.3 is 14.9 Å². The first-order valence-electron chi connectivity index (χ1n) is 5.72. The van der Waals surface area contributed by atoms with Crippen LogP contribution < -0.4 is 4.90 Å². The molecule has 5 heteroatoms. The van der Waals surface area contributed by atoms with Crippen LogP contribution in [0, 0.1) is 6.92 Å². The van der Waals surface area contributed by atoms with Crippen molar-refractivity contribution in [2.45, 2.75) is 6.92 Å². The molecule has 92 valence electrons. The van der Waals surface area contributed by atoms with E-state index in [1.165, 1.54) is 0 Å². The lowest BCUT2D eigenvalue weighted by atomic mass is 10.2. The molecule has 1 aromatic rings. The summed E-state index contributed by atoms with van der Waals surface area (Å²) in [6.45, 7) is 5.65. The number of carboxylic acid groups (broad SMARTS) is 1. The number of hydrogen-bond acceptors (Lipinski definition) is 4. The van der Waals surface area contributed by atoms with Gasteiger partial charge in [-0.05, 0) is 31.7 Å². The monoisotopic (exact) mass is 235 g/mol. The average Bonchev–Trinajstić information content (AvgIpc) is 2.29. The Bertz CT molecular complexity index is 426. The molecule has 0 amide bonds. The van der Waals surface area contributed by atoms with Crippen LogP contribution in [0.1, 0.15) is 16.1 Å². The number of nitrogens with zero attached hydrogens (tertiary/aromatic N) is 3. The molecule has 2 rings (SSSR count). The first-order valence-corrected chi connectivity index (χ1v) is 5.72. The highest BCUT2D eigenvalue weighted by Crippen LogP contribution is 2.16. The van der Waals surface area contributed by atoms with E-state index in [9.17, 15) is 4.79 Å². The van der Waals surface area contributed by atoms with E-state index >= 15 is 0 Å². The van der Waals surface area contributed by atoms with Gasteiger partial charge in [0.25, 0.3) is 0 Å². The molecule has 0 bridgehead atoms. The normalized spacial score (nSPS) is 17.2. The van der Waals surface area contributed by atoms with Crippen molar-refractivity contribution in [2.24, 2.45) is 0 Å². The van der Waals surface area contributed by atoms with E-state index in [1.807, 2.05) is 13.0 Å². The zero-order chi connectivity index (χ0) is 12.4. The van der Waals surface area contributed by atoms with Crippen LogP contribution in [0.25, 0.3) is 0 Å². The fourth-order valence-electron chi connectivity index (χ4n) is 1.96. The molecule has 1 fully saturated rings. The third kappa shape index (κ3) is 2.74. The second-order valence-corrected chi connectivity index (χ2v) is 4.48. The van der Waals surface area contributed by atoms with Gasteiger partial charge in [0.15, 0.2) is 5.69 Å². The molecular formula is C12H17N3O2. The van der Waals surface area contributed by atoms with E-state index in [0.29, 0.717) is 0 Å². The molecule has 0 unspecified atom stereocenters. The number of hydrogen-bond donors (Lipinski definition) is 1. The third-order valence-electron chi connectivity index (χ3n) is 3.00. The lowest BCUT2D eigenvalue weighted by Crippen LogP contribution is -2.44. The molecular weight excluding hydrogens is 218 g/mol. The minimum Gasteiger partial charge on any atom is -0.477 e. The number of aromatic nitrogens is 1. The van der Waals surface area contributed by atoms with E-state index in [0.717, 1.165) is 37.6 Å². The molecule has 0 saturated carbocycles. The van der Waals surface area contributed by atoms with Crippen LogP contribution in [0.5, 0.6) is 0 Å². The standard InChI is InChI=1S/C12H17N3O2/c1-9-7-10(12(16)17)13-11(8-9)15-5-3-14(2)4-6-15/h7-8H,3-6H2,1-2H3,(H,16,17). The Morgan fingerprint density at radius 1 is 1.29 bits per heavy atom. The third-order valence-corrected chi connectivity index (χ3v) is 3.00. The number of carbonyl (C=O) groups is 1. The number of likely N-dealkylation sites (N-methyl/N-ethyl adjacent to an activating group) is 1. The Labute approximate surface area is 101 Å². The molecule has 0 aromatic carbocycles. The molecule has 1 aromatic heterocycles. The van der Waals surface area contributed by atoms with Crippen LogP contribution in [0.15, 0.2) is 12.1 Å². The number of carboxylic acids is 1. The molecule has 0 atom stereocenters. The number of anilines is 1. The summed E-state index contributed by atoms with van der Waals surface area (Å²) in [4.78, 5) is 19.5. The van der Waals surface area contributed by atoms with Crippen molar-refractivity contribution >= 4 is 11.8 Å². The fourth-order valence-corrected chi connectivity index (χ4v) is 1.96. The van der Waals surface area contributed by atoms with Crippen LogP contribution in [0.3, 0.4) is 0 Å². The molecule has 0 spiro atoms. The van der Waals surface area contributed by atoms with E-state index in [1.54, 1.807) is 6.07 Å². The Balaban J connectivity index is 2.23. The SMILES string of the molecule is Cc1cc(C(=O)O)nc(N2CCN(C)CC2)c1. The highest BCUT2D eigenvalue weighted by molar-refractivity contribution is 5.86. The molecule has 2 heterocycles. The van der Waals surface area contributed by atoms with Crippen molar-refractivity contribution in [3.63, 3.8) is 0 Å². The van der Waals surface area contributed by atoms with Crippen molar-refractivity contribution < 1.29 is 9.90 Å². The Kier molecular flexibility index (Phi) is 3.28. The minimum absolute atomic E-state index is 0.124. The number of piperazine rings is 1. The van der Waals surface area contributed by atoms with Gasteiger partial charge >= 0.3 is 5.97 Å². The Morgan fingerprint density at radius 2 is 1.94 bits per heavy atom. The van der Waals surface area contributed by atoms with Gasteiger partial charge in [-0.25, -0.2) is 9.78 Å². The fraction of sp³-hybridized carbons (Fsp3) is 0.500. The van der Waals surface area contributed by atoms with Crippen molar-refractivity contribution in [1.82, 2.24) is 9.88 Å². The summed E-state index contributed by atoms with van der Waals surface area (Å²) in [5, 5.41) is 8.98. The number of aryl methyl sites for hydroxylation is 1. The lowest BCUT2D eigenvalue weighted by Gasteiger charge is -2.33. The van der Waals surface area contributed by atoms with E-state index in [2.05, 4.69) is 21.8 Å². The van der Waals surface area contributed by atoms with Gasteiger partial charge in [-0.15, -0.1) is 0 Å².